The van der Waals surface area contributed by atoms with Crippen molar-refractivity contribution >= 4 is 33.7 Å². The maximum atomic E-state index is 12.3. The summed E-state index contributed by atoms with van der Waals surface area (Å²) in [7, 11) is -3.44. The van der Waals surface area contributed by atoms with Crippen molar-refractivity contribution in [1.82, 2.24) is 9.03 Å². The molecule has 2 heterocycles. The van der Waals surface area contributed by atoms with E-state index >= 15 is 0 Å². The first-order valence-corrected chi connectivity index (χ1v) is 10.3. The van der Waals surface area contributed by atoms with Gasteiger partial charge in [0, 0.05) is 41.6 Å². The number of nitrogens with zero attached hydrogens (tertiary/aromatic N) is 1. The third-order valence-corrected chi connectivity index (χ3v) is 7.95. The molecule has 2 unspecified atom stereocenters. The first-order valence-electron chi connectivity index (χ1n) is 6.70. The molecule has 0 amide bonds. The van der Waals surface area contributed by atoms with E-state index < -0.39 is 10.2 Å². The van der Waals surface area contributed by atoms with E-state index in [1.807, 2.05) is 23.5 Å². The van der Waals surface area contributed by atoms with Gasteiger partial charge in [-0.1, -0.05) is 6.42 Å². The smallest absolute Gasteiger partial charge is 0.279 e. The van der Waals surface area contributed by atoms with Crippen molar-refractivity contribution < 1.29 is 13.5 Å². The van der Waals surface area contributed by atoms with Crippen LogP contribution in [0.3, 0.4) is 0 Å². The molecule has 0 aliphatic carbocycles. The van der Waals surface area contributed by atoms with Crippen LogP contribution < -0.4 is 4.72 Å². The molecule has 5 nitrogen and oxygen atoms in total. The number of rotatable bonds is 5. The van der Waals surface area contributed by atoms with Gasteiger partial charge in [0.15, 0.2) is 0 Å². The maximum absolute atomic E-state index is 12.3. The molecule has 0 spiro atoms. The molecule has 2 aliphatic rings. The fourth-order valence-electron chi connectivity index (χ4n) is 2.41. The fourth-order valence-corrected chi connectivity index (χ4v) is 6.64. The molecule has 2 N–H and O–H groups in total. The second-order valence-electron chi connectivity index (χ2n) is 4.86. The van der Waals surface area contributed by atoms with E-state index in [0.29, 0.717) is 18.3 Å². The molecular formula is C11H22N2O3S3. The van der Waals surface area contributed by atoms with Gasteiger partial charge in [0.05, 0.1) is 6.61 Å². The summed E-state index contributed by atoms with van der Waals surface area (Å²) in [6.45, 7) is 0.927. The summed E-state index contributed by atoms with van der Waals surface area (Å²) in [6, 6.07) is -0.250. The highest BCUT2D eigenvalue weighted by atomic mass is 32.2. The normalized spacial score (nSPS) is 30.4. The summed E-state index contributed by atoms with van der Waals surface area (Å²) in [4.78, 5) is 0. The molecule has 0 aromatic carbocycles. The minimum Gasteiger partial charge on any atom is -0.395 e. The van der Waals surface area contributed by atoms with Crippen LogP contribution in [0.15, 0.2) is 0 Å². The number of hydrogen-bond donors (Lipinski definition) is 2. The zero-order valence-electron chi connectivity index (χ0n) is 11.0. The second-order valence-corrected chi connectivity index (χ2v) is 9.13. The Morgan fingerprint density at radius 2 is 2.16 bits per heavy atom. The molecule has 2 aliphatic heterocycles. The minimum absolute atomic E-state index is 0.0884. The molecule has 0 aromatic rings. The SMILES string of the molecule is O=S(=O)(NCC1CSCCS1)N1CCCCC1CO. The minimum atomic E-state index is -3.44. The number of thioether (sulfide) groups is 2. The summed E-state index contributed by atoms with van der Waals surface area (Å²) in [5.41, 5.74) is 0. The van der Waals surface area contributed by atoms with Gasteiger partial charge in [0.1, 0.15) is 0 Å². The van der Waals surface area contributed by atoms with Crippen molar-refractivity contribution in [1.29, 1.82) is 0 Å². The Hall–Kier alpha value is 0.530. The Labute approximate surface area is 124 Å². The van der Waals surface area contributed by atoms with Gasteiger partial charge >= 0.3 is 0 Å². The molecule has 19 heavy (non-hydrogen) atoms. The molecule has 8 heteroatoms. The highest BCUT2D eigenvalue weighted by Crippen LogP contribution is 2.24. The summed E-state index contributed by atoms with van der Waals surface area (Å²) < 4.78 is 28.7. The Morgan fingerprint density at radius 1 is 1.32 bits per heavy atom. The molecule has 2 fully saturated rings. The van der Waals surface area contributed by atoms with Crippen molar-refractivity contribution in [3.05, 3.63) is 0 Å². The lowest BCUT2D eigenvalue weighted by atomic mass is 10.1. The monoisotopic (exact) mass is 326 g/mol. The number of nitrogens with one attached hydrogen (secondary N) is 1. The molecule has 112 valence electrons. The van der Waals surface area contributed by atoms with Crippen LogP contribution in [0.4, 0.5) is 0 Å². The zero-order valence-corrected chi connectivity index (χ0v) is 13.4. The van der Waals surface area contributed by atoms with E-state index in [9.17, 15) is 13.5 Å². The van der Waals surface area contributed by atoms with Crippen LogP contribution in [0.1, 0.15) is 19.3 Å². The highest BCUT2D eigenvalue weighted by molar-refractivity contribution is 8.06. The molecule has 2 rings (SSSR count). The van der Waals surface area contributed by atoms with Crippen LogP contribution in [-0.2, 0) is 10.2 Å². The van der Waals surface area contributed by atoms with Gasteiger partial charge in [-0.15, -0.1) is 0 Å². The lowest BCUT2D eigenvalue weighted by molar-refractivity contribution is 0.154. The van der Waals surface area contributed by atoms with Crippen molar-refractivity contribution in [3.8, 4) is 0 Å². The lowest BCUT2D eigenvalue weighted by Crippen LogP contribution is -2.51. The summed E-state index contributed by atoms with van der Waals surface area (Å²) in [5, 5.41) is 9.67. The highest BCUT2D eigenvalue weighted by Gasteiger charge is 2.32. The Morgan fingerprint density at radius 3 is 2.84 bits per heavy atom. The van der Waals surface area contributed by atoms with Crippen molar-refractivity contribution in [2.75, 3.05) is 37.0 Å². The molecular weight excluding hydrogens is 304 g/mol. The first kappa shape index (κ1) is 15.9. The Bertz CT molecular complexity index is 371. The van der Waals surface area contributed by atoms with Crippen LogP contribution in [-0.4, -0.2) is 66.1 Å². The number of hydrogen-bond acceptors (Lipinski definition) is 5. The quantitative estimate of drug-likeness (QED) is 0.771. The van der Waals surface area contributed by atoms with Crippen LogP contribution in [0, 0.1) is 0 Å². The van der Waals surface area contributed by atoms with Gasteiger partial charge in [-0.3, -0.25) is 0 Å². The molecule has 0 saturated carbocycles. The van der Waals surface area contributed by atoms with E-state index in [2.05, 4.69) is 4.72 Å². The second kappa shape index (κ2) is 7.51. The third kappa shape index (κ3) is 4.50. The first-order chi connectivity index (χ1) is 9.13. The fraction of sp³-hybridized carbons (Fsp3) is 1.00. The van der Waals surface area contributed by atoms with Gasteiger partial charge < -0.3 is 5.11 Å². The van der Waals surface area contributed by atoms with E-state index in [4.69, 9.17) is 0 Å². The van der Waals surface area contributed by atoms with Crippen LogP contribution in [0.25, 0.3) is 0 Å². The number of piperidine rings is 1. The van der Waals surface area contributed by atoms with Crippen LogP contribution in [0.5, 0.6) is 0 Å². The van der Waals surface area contributed by atoms with E-state index in [0.717, 1.165) is 36.5 Å². The number of aliphatic hydroxyl groups is 1. The van der Waals surface area contributed by atoms with Crippen LogP contribution >= 0.6 is 23.5 Å². The van der Waals surface area contributed by atoms with Gasteiger partial charge in [-0.05, 0) is 12.8 Å². The van der Waals surface area contributed by atoms with E-state index in [-0.39, 0.29) is 12.6 Å². The van der Waals surface area contributed by atoms with Crippen molar-refractivity contribution in [2.45, 2.75) is 30.6 Å². The average Bonchev–Trinajstić information content (AvgIpc) is 2.46. The summed E-state index contributed by atoms with van der Waals surface area (Å²) in [5.74, 6) is 3.27. The molecule has 0 aromatic heterocycles. The standard InChI is InChI=1S/C11H22N2O3S3/c14-8-10-3-1-2-4-13(10)19(15,16)12-7-11-9-17-5-6-18-11/h10-12,14H,1-9H2. The Kier molecular flexibility index (Phi) is 6.29. The molecule has 2 atom stereocenters. The molecule has 0 radical (unpaired) electrons. The van der Waals surface area contributed by atoms with Gasteiger partial charge in [-0.2, -0.15) is 36.2 Å². The van der Waals surface area contributed by atoms with E-state index in [1.54, 1.807) is 0 Å². The third-order valence-electron chi connectivity index (χ3n) is 3.47. The van der Waals surface area contributed by atoms with Gasteiger partial charge in [0.25, 0.3) is 10.2 Å². The van der Waals surface area contributed by atoms with Gasteiger partial charge in [-0.25, -0.2) is 4.72 Å². The average molecular weight is 327 g/mol. The van der Waals surface area contributed by atoms with Gasteiger partial charge in [0.2, 0.25) is 0 Å². The van der Waals surface area contributed by atoms with Crippen molar-refractivity contribution in [3.63, 3.8) is 0 Å². The van der Waals surface area contributed by atoms with Crippen molar-refractivity contribution in [2.24, 2.45) is 0 Å². The topological polar surface area (TPSA) is 69.6 Å². The lowest BCUT2D eigenvalue weighted by Gasteiger charge is -2.34. The maximum Gasteiger partial charge on any atom is 0.279 e. The number of aliphatic hydroxyl groups excluding tert-OH is 1. The predicted molar refractivity (Wildman–Crippen MR) is 81.9 cm³/mol. The van der Waals surface area contributed by atoms with E-state index in [1.165, 1.54) is 4.31 Å². The zero-order chi connectivity index (χ0) is 13.7. The molecule has 0 bridgehead atoms. The summed E-state index contributed by atoms with van der Waals surface area (Å²) in [6.07, 6.45) is 2.63. The largest absolute Gasteiger partial charge is 0.395 e. The predicted octanol–water partition coefficient (Wildman–Crippen LogP) is 0.516. The summed E-state index contributed by atoms with van der Waals surface area (Å²) >= 11 is 3.73. The van der Waals surface area contributed by atoms with Crippen LogP contribution in [0.2, 0.25) is 0 Å². The Balaban J connectivity index is 1.89. The molecule has 2 saturated heterocycles.